The molecule has 0 radical (unpaired) electrons. The van der Waals surface area contributed by atoms with Gasteiger partial charge in [0, 0.05) is 17.7 Å². The number of aromatic amines is 1. The molecule has 0 bridgehead atoms. The highest BCUT2D eigenvalue weighted by molar-refractivity contribution is 5.60. The van der Waals surface area contributed by atoms with Gasteiger partial charge in [-0.3, -0.25) is 9.78 Å². The standard InChI is InChI=1S/C17H13FN6O/c18-12-5-1-10(2-6-12)9-14-16(25)20-17-22-21-15(24(17)23-14)11-3-7-13(19)8-4-11/h1-8H,9,19H2,(H,20,22,25). The van der Waals surface area contributed by atoms with Gasteiger partial charge in [0.25, 0.3) is 11.3 Å². The van der Waals surface area contributed by atoms with Gasteiger partial charge in [0.15, 0.2) is 5.82 Å². The van der Waals surface area contributed by atoms with Crippen LogP contribution < -0.4 is 11.3 Å². The molecule has 0 spiro atoms. The van der Waals surface area contributed by atoms with E-state index in [9.17, 15) is 9.18 Å². The Morgan fingerprint density at radius 1 is 1.04 bits per heavy atom. The molecule has 0 unspecified atom stereocenters. The summed E-state index contributed by atoms with van der Waals surface area (Å²) < 4.78 is 14.5. The molecule has 25 heavy (non-hydrogen) atoms. The van der Waals surface area contributed by atoms with Crippen LogP contribution in [0.3, 0.4) is 0 Å². The molecule has 4 aromatic rings. The van der Waals surface area contributed by atoms with Crippen LogP contribution in [-0.2, 0) is 6.42 Å². The molecule has 0 aliphatic heterocycles. The smallest absolute Gasteiger partial charge is 0.274 e. The Morgan fingerprint density at radius 3 is 2.48 bits per heavy atom. The fourth-order valence-electron chi connectivity index (χ4n) is 2.52. The molecule has 2 aromatic carbocycles. The number of halogens is 1. The topological polar surface area (TPSA) is 102 Å². The summed E-state index contributed by atoms with van der Waals surface area (Å²) in [5, 5.41) is 12.4. The maximum Gasteiger partial charge on any atom is 0.274 e. The van der Waals surface area contributed by atoms with Crippen LogP contribution in [0.15, 0.2) is 53.3 Å². The van der Waals surface area contributed by atoms with E-state index >= 15 is 0 Å². The van der Waals surface area contributed by atoms with Crippen LogP contribution in [0, 0.1) is 5.82 Å². The molecule has 2 heterocycles. The van der Waals surface area contributed by atoms with Gasteiger partial charge in [-0.05, 0) is 42.0 Å². The highest BCUT2D eigenvalue weighted by Gasteiger charge is 2.13. The summed E-state index contributed by atoms with van der Waals surface area (Å²) >= 11 is 0. The van der Waals surface area contributed by atoms with Crippen molar-refractivity contribution >= 4 is 11.5 Å². The van der Waals surface area contributed by atoms with Crippen molar-refractivity contribution in [3.63, 3.8) is 0 Å². The number of nitrogens with two attached hydrogens (primary N) is 1. The van der Waals surface area contributed by atoms with Gasteiger partial charge in [0.05, 0.1) is 0 Å². The molecule has 0 fully saturated rings. The third kappa shape index (κ3) is 2.85. The largest absolute Gasteiger partial charge is 0.399 e. The third-order valence-electron chi connectivity index (χ3n) is 3.80. The van der Waals surface area contributed by atoms with Crippen LogP contribution in [0.1, 0.15) is 11.3 Å². The first kappa shape index (κ1) is 15.0. The molecule has 2 aromatic heterocycles. The van der Waals surface area contributed by atoms with Gasteiger partial charge in [-0.1, -0.05) is 12.1 Å². The van der Waals surface area contributed by atoms with E-state index in [1.807, 2.05) is 0 Å². The second kappa shape index (κ2) is 5.82. The predicted octanol–water partition coefficient (Wildman–Crippen LogP) is 1.79. The summed E-state index contributed by atoms with van der Waals surface area (Å²) in [4.78, 5) is 14.9. The van der Waals surface area contributed by atoms with Gasteiger partial charge in [0.1, 0.15) is 11.5 Å². The van der Waals surface area contributed by atoms with Crippen LogP contribution in [-0.4, -0.2) is 24.8 Å². The van der Waals surface area contributed by atoms with Crippen molar-refractivity contribution in [2.75, 3.05) is 5.73 Å². The third-order valence-corrected chi connectivity index (χ3v) is 3.80. The number of benzene rings is 2. The van der Waals surface area contributed by atoms with E-state index < -0.39 is 0 Å². The predicted molar refractivity (Wildman–Crippen MR) is 90.5 cm³/mol. The highest BCUT2D eigenvalue weighted by Crippen LogP contribution is 2.18. The van der Waals surface area contributed by atoms with E-state index in [-0.39, 0.29) is 29.3 Å². The van der Waals surface area contributed by atoms with Gasteiger partial charge in [-0.15, -0.1) is 10.2 Å². The molecule has 0 atom stereocenters. The lowest BCUT2D eigenvalue weighted by Gasteiger charge is -2.03. The zero-order valence-electron chi connectivity index (χ0n) is 13.0. The van der Waals surface area contributed by atoms with Crippen molar-refractivity contribution in [1.82, 2.24) is 24.8 Å². The number of nitrogens with one attached hydrogen (secondary N) is 1. The molecule has 124 valence electrons. The van der Waals surface area contributed by atoms with Crippen molar-refractivity contribution in [2.45, 2.75) is 6.42 Å². The van der Waals surface area contributed by atoms with E-state index in [0.717, 1.165) is 11.1 Å². The Balaban J connectivity index is 1.79. The Morgan fingerprint density at radius 2 is 1.76 bits per heavy atom. The average molecular weight is 336 g/mol. The zero-order valence-corrected chi connectivity index (χ0v) is 13.0. The summed E-state index contributed by atoms with van der Waals surface area (Å²) in [6.07, 6.45) is 0.269. The SMILES string of the molecule is Nc1ccc(-c2nnc3[nH]c(=O)c(Cc4ccc(F)cc4)nn23)cc1. The van der Waals surface area contributed by atoms with Crippen molar-refractivity contribution in [1.29, 1.82) is 0 Å². The molecule has 4 rings (SSSR count). The Kier molecular flexibility index (Phi) is 3.50. The monoisotopic (exact) mass is 336 g/mol. The number of nitrogen functional groups attached to an aromatic ring is 1. The van der Waals surface area contributed by atoms with Crippen LogP contribution >= 0.6 is 0 Å². The van der Waals surface area contributed by atoms with Crippen molar-refractivity contribution < 1.29 is 4.39 Å². The van der Waals surface area contributed by atoms with E-state index in [1.165, 1.54) is 16.6 Å². The molecule has 0 saturated carbocycles. The molecule has 0 aliphatic rings. The van der Waals surface area contributed by atoms with Gasteiger partial charge < -0.3 is 5.73 Å². The Hall–Kier alpha value is -3.55. The summed E-state index contributed by atoms with van der Waals surface area (Å²) in [5.74, 6) is 0.414. The quantitative estimate of drug-likeness (QED) is 0.555. The summed E-state index contributed by atoms with van der Waals surface area (Å²) in [6, 6.07) is 13.0. The summed E-state index contributed by atoms with van der Waals surface area (Å²) in [6.45, 7) is 0. The van der Waals surface area contributed by atoms with Crippen LogP contribution in [0.4, 0.5) is 10.1 Å². The average Bonchev–Trinajstić information content (AvgIpc) is 3.00. The number of fused-ring (bicyclic) bond motifs is 1. The molecule has 0 aliphatic carbocycles. The number of hydrogen-bond acceptors (Lipinski definition) is 5. The van der Waals surface area contributed by atoms with Crippen molar-refractivity contribution in [3.8, 4) is 11.4 Å². The van der Waals surface area contributed by atoms with Crippen molar-refractivity contribution in [2.24, 2.45) is 0 Å². The normalized spacial score (nSPS) is 11.1. The lowest BCUT2D eigenvalue weighted by molar-refractivity contribution is 0.627. The van der Waals surface area contributed by atoms with Crippen LogP contribution in [0.25, 0.3) is 17.2 Å². The first-order valence-electron chi connectivity index (χ1n) is 7.55. The molecule has 0 amide bonds. The van der Waals surface area contributed by atoms with E-state index in [2.05, 4.69) is 20.3 Å². The minimum Gasteiger partial charge on any atom is -0.399 e. The molecule has 7 nitrogen and oxygen atoms in total. The maximum atomic E-state index is 13.0. The molecular formula is C17H13FN6O. The maximum absolute atomic E-state index is 13.0. The summed E-state index contributed by atoms with van der Waals surface area (Å²) in [5.41, 5.74) is 7.82. The number of H-pyrrole nitrogens is 1. The summed E-state index contributed by atoms with van der Waals surface area (Å²) in [7, 11) is 0. The van der Waals surface area contributed by atoms with Gasteiger partial charge in [-0.25, -0.2) is 4.39 Å². The second-order valence-electron chi connectivity index (χ2n) is 5.59. The number of hydrogen-bond donors (Lipinski definition) is 2. The van der Waals surface area contributed by atoms with E-state index in [1.54, 1.807) is 36.4 Å². The first-order valence-corrected chi connectivity index (χ1v) is 7.55. The fourth-order valence-corrected chi connectivity index (χ4v) is 2.52. The second-order valence-corrected chi connectivity index (χ2v) is 5.59. The highest BCUT2D eigenvalue weighted by atomic mass is 19.1. The lowest BCUT2D eigenvalue weighted by Crippen LogP contribution is -2.19. The first-order chi connectivity index (χ1) is 12.1. The minimum atomic E-state index is -0.354. The van der Waals surface area contributed by atoms with Crippen LogP contribution in [0.2, 0.25) is 0 Å². The zero-order chi connectivity index (χ0) is 17.4. The lowest BCUT2D eigenvalue weighted by atomic mass is 10.1. The molecule has 0 saturated heterocycles. The Labute approximate surface area is 141 Å². The van der Waals surface area contributed by atoms with Crippen molar-refractivity contribution in [3.05, 3.63) is 76.0 Å². The van der Waals surface area contributed by atoms with Gasteiger partial charge in [-0.2, -0.15) is 9.61 Å². The van der Waals surface area contributed by atoms with Gasteiger partial charge >= 0.3 is 0 Å². The number of anilines is 1. The van der Waals surface area contributed by atoms with E-state index in [4.69, 9.17) is 5.73 Å². The Bertz CT molecular complexity index is 1100. The molecular weight excluding hydrogens is 323 g/mol. The van der Waals surface area contributed by atoms with E-state index in [0.29, 0.717) is 11.5 Å². The number of rotatable bonds is 3. The molecule has 3 N–H and O–H groups in total. The number of aromatic nitrogens is 5. The van der Waals surface area contributed by atoms with Crippen LogP contribution in [0.5, 0.6) is 0 Å². The molecule has 8 heteroatoms. The van der Waals surface area contributed by atoms with Gasteiger partial charge in [0.2, 0.25) is 0 Å². The number of nitrogens with zero attached hydrogens (tertiary/aromatic N) is 4. The fraction of sp³-hybridized carbons (Fsp3) is 0.0588. The minimum absolute atomic E-state index is 0.250.